The van der Waals surface area contributed by atoms with E-state index in [2.05, 4.69) is 10.1 Å². The first-order chi connectivity index (χ1) is 18.1. The number of nitrogen functional groups attached to an aromatic ring is 1. The van der Waals surface area contributed by atoms with Crippen LogP contribution < -0.4 is 21.0 Å². The van der Waals surface area contributed by atoms with Crippen molar-refractivity contribution in [3.63, 3.8) is 0 Å². The highest BCUT2D eigenvalue weighted by atomic mass is 31.2. The average Bonchev–Trinajstić information content (AvgIpc) is 3.10. The second kappa shape index (κ2) is 11.9. The van der Waals surface area contributed by atoms with Crippen LogP contribution in [0, 0.1) is 22.7 Å². The van der Waals surface area contributed by atoms with Crippen LogP contribution in [-0.2, 0) is 23.4 Å². The molecular formula is C25H34N5O8P. The van der Waals surface area contributed by atoms with E-state index in [0.29, 0.717) is 0 Å². The van der Waals surface area contributed by atoms with Gasteiger partial charge in [-0.15, -0.1) is 0 Å². The molecule has 0 radical (unpaired) electrons. The van der Waals surface area contributed by atoms with Gasteiger partial charge in [-0.05, 0) is 37.5 Å². The maximum Gasteiger partial charge on any atom is 0.459 e. The van der Waals surface area contributed by atoms with Crippen LogP contribution in [0.5, 0.6) is 5.75 Å². The molecule has 6 atom stereocenters. The van der Waals surface area contributed by atoms with Crippen LogP contribution in [0.15, 0.2) is 47.4 Å². The van der Waals surface area contributed by atoms with Crippen molar-refractivity contribution in [2.75, 3.05) is 18.9 Å². The molecule has 1 aliphatic heterocycles. The van der Waals surface area contributed by atoms with E-state index in [-0.39, 0.29) is 23.6 Å². The minimum atomic E-state index is -4.28. The van der Waals surface area contributed by atoms with Gasteiger partial charge in [-0.1, -0.05) is 39.0 Å². The van der Waals surface area contributed by atoms with E-state index in [4.69, 9.17) is 24.3 Å². The number of carbonyl (C=O) groups excluding carboxylic acids is 1. The molecule has 2 heterocycles. The lowest BCUT2D eigenvalue weighted by atomic mass is 9.87. The molecule has 2 aromatic rings. The third-order valence-electron chi connectivity index (χ3n) is 5.85. The van der Waals surface area contributed by atoms with Gasteiger partial charge in [-0.2, -0.15) is 15.3 Å². The van der Waals surface area contributed by atoms with E-state index in [0.717, 1.165) is 4.57 Å². The third-order valence-corrected chi connectivity index (χ3v) is 7.50. The maximum atomic E-state index is 13.8. The zero-order valence-electron chi connectivity index (χ0n) is 22.4. The molecule has 1 aromatic carbocycles. The molecule has 14 heteroatoms. The van der Waals surface area contributed by atoms with E-state index >= 15 is 0 Å². The Balaban J connectivity index is 1.81. The van der Waals surface area contributed by atoms with Crippen molar-refractivity contribution in [3.05, 3.63) is 53.1 Å². The number of para-hydroxylation sites is 1. The molecule has 0 aliphatic carbocycles. The number of aromatic nitrogens is 2. The van der Waals surface area contributed by atoms with Crippen molar-refractivity contribution in [2.45, 2.75) is 58.6 Å². The number of nitriles is 1. The summed E-state index contributed by atoms with van der Waals surface area (Å²) in [7, 11) is -4.28. The van der Waals surface area contributed by atoms with E-state index < -0.39 is 55.9 Å². The fourth-order valence-electron chi connectivity index (χ4n) is 3.70. The summed E-state index contributed by atoms with van der Waals surface area (Å²) in [5.41, 5.74) is 2.65. The molecule has 3 unspecified atom stereocenters. The topological polar surface area (TPSA) is 188 Å². The second-order valence-corrected chi connectivity index (χ2v) is 12.3. The van der Waals surface area contributed by atoms with Crippen LogP contribution in [-0.4, -0.2) is 51.6 Å². The molecule has 1 aromatic heterocycles. The molecule has 0 spiro atoms. The molecular weight excluding hydrogens is 529 g/mol. The Hall–Kier alpha value is -3.27. The highest BCUT2D eigenvalue weighted by Gasteiger charge is 2.55. The minimum absolute atomic E-state index is 0.0189. The molecule has 1 fully saturated rings. The number of benzene rings is 1. The summed E-state index contributed by atoms with van der Waals surface area (Å²) in [5.74, 6) is -1.72. The second-order valence-electron chi connectivity index (χ2n) is 10.6. The fraction of sp³-hybridized carbons (Fsp3) is 0.520. The molecule has 0 saturated carbocycles. The average molecular weight is 564 g/mol. The summed E-state index contributed by atoms with van der Waals surface area (Å²) in [5, 5.41) is 23.5. The highest BCUT2D eigenvalue weighted by molar-refractivity contribution is 7.52. The number of carbonyl (C=O) groups is 1. The summed E-state index contributed by atoms with van der Waals surface area (Å²) in [6, 6.07) is 10.4. The Labute approximate surface area is 226 Å². The van der Waals surface area contributed by atoms with Gasteiger partial charge in [-0.3, -0.25) is 13.9 Å². The van der Waals surface area contributed by atoms with Crippen molar-refractivity contribution in [3.8, 4) is 11.8 Å². The van der Waals surface area contributed by atoms with Crippen LogP contribution in [0.2, 0.25) is 0 Å². The number of aliphatic hydroxyl groups is 1. The normalized spacial score (nSPS) is 25.3. The molecule has 4 N–H and O–H groups in total. The van der Waals surface area contributed by atoms with Crippen LogP contribution in [0.1, 0.15) is 40.8 Å². The van der Waals surface area contributed by atoms with Crippen molar-refractivity contribution in [2.24, 2.45) is 11.3 Å². The largest absolute Gasteiger partial charge is 0.464 e. The van der Waals surface area contributed by atoms with Crippen LogP contribution in [0.3, 0.4) is 0 Å². The number of hydrogen-bond acceptors (Lipinski definition) is 11. The standard InChI is InChI=1S/C25H34N5O8P/c1-16(22(31)35-15-24(2,3)4)29-39(34,38-17-9-7-6-8-10-17)36-14-19-25(5,33)18(13-26)21(37-19)30-12-11-20(27)28-23(30)32/h6-12,16,18-19,21,33H,14-15H2,1-5H3,(H,29,34)(H2,27,28,32)/t16-,18-,19?,21?,25-,39?/m0/s1. The van der Waals surface area contributed by atoms with Gasteiger partial charge in [0.25, 0.3) is 0 Å². The van der Waals surface area contributed by atoms with E-state index in [9.17, 15) is 24.5 Å². The number of nitrogens with one attached hydrogen (secondary N) is 1. The van der Waals surface area contributed by atoms with Gasteiger partial charge in [0.1, 0.15) is 35.2 Å². The van der Waals surface area contributed by atoms with Gasteiger partial charge < -0.3 is 24.8 Å². The van der Waals surface area contributed by atoms with E-state index in [1.54, 1.807) is 30.3 Å². The summed E-state index contributed by atoms with van der Waals surface area (Å²) in [6.45, 7) is 8.09. The molecule has 1 aliphatic rings. The number of nitrogens with two attached hydrogens (primary N) is 1. The zero-order valence-corrected chi connectivity index (χ0v) is 23.3. The predicted molar refractivity (Wildman–Crippen MR) is 140 cm³/mol. The monoisotopic (exact) mass is 563 g/mol. The van der Waals surface area contributed by atoms with Crippen molar-refractivity contribution in [1.29, 1.82) is 5.26 Å². The Morgan fingerprint density at radius 3 is 2.62 bits per heavy atom. The summed E-state index contributed by atoms with van der Waals surface area (Å²) in [4.78, 5) is 28.6. The molecule has 0 bridgehead atoms. The maximum absolute atomic E-state index is 13.8. The van der Waals surface area contributed by atoms with Gasteiger partial charge in [-0.25, -0.2) is 9.36 Å². The number of rotatable bonds is 10. The highest BCUT2D eigenvalue weighted by Crippen LogP contribution is 2.48. The smallest absolute Gasteiger partial charge is 0.459 e. The first-order valence-corrected chi connectivity index (χ1v) is 13.8. The number of nitrogens with zero attached hydrogens (tertiary/aromatic N) is 3. The Kier molecular flexibility index (Phi) is 9.20. The van der Waals surface area contributed by atoms with Gasteiger partial charge in [0.05, 0.1) is 19.3 Å². The van der Waals surface area contributed by atoms with Crippen LogP contribution in [0.4, 0.5) is 5.82 Å². The number of anilines is 1. The van der Waals surface area contributed by atoms with Crippen LogP contribution in [0.25, 0.3) is 0 Å². The first kappa shape index (κ1) is 30.3. The lowest BCUT2D eigenvalue weighted by Crippen LogP contribution is -2.44. The first-order valence-electron chi connectivity index (χ1n) is 12.2. The predicted octanol–water partition coefficient (Wildman–Crippen LogP) is 2.38. The number of ether oxygens (including phenoxy) is 2. The number of hydrogen-bond donors (Lipinski definition) is 3. The SMILES string of the molecule is C[C@H](NP(=O)(OCC1OC(n2ccc(N)nc2=O)[C@H](C#N)[C@]1(C)O)Oc1ccccc1)C(=O)OCC(C)(C)C. The van der Waals surface area contributed by atoms with Crippen molar-refractivity contribution >= 4 is 19.5 Å². The Morgan fingerprint density at radius 2 is 2.03 bits per heavy atom. The van der Waals surface area contributed by atoms with Gasteiger partial charge in [0.15, 0.2) is 6.23 Å². The number of esters is 1. The molecule has 39 heavy (non-hydrogen) atoms. The molecule has 1 saturated heterocycles. The quantitative estimate of drug-likeness (QED) is 0.283. The molecule has 3 rings (SSSR count). The van der Waals surface area contributed by atoms with Gasteiger partial charge in [0.2, 0.25) is 0 Å². The Morgan fingerprint density at radius 1 is 1.36 bits per heavy atom. The van der Waals surface area contributed by atoms with Crippen LogP contribution >= 0.6 is 7.75 Å². The molecule has 13 nitrogen and oxygen atoms in total. The summed E-state index contributed by atoms with van der Waals surface area (Å²) >= 11 is 0. The van der Waals surface area contributed by atoms with E-state index in [1.807, 2.05) is 26.8 Å². The minimum Gasteiger partial charge on any atom is -0.464 e. The third kappa shape index (κ3) is 7.65. The van der Waals surface area contributed by atoms with Crippen molar-refractivity contribution in [1.82, 2.24) is 14.6 Å². The lowest BCUT2D eigenvalue weighted by molar-refractivity contribution is -0.148. The Bertz CT molecular complexity index is 1300. The van der Waals surface area contributed by atoms with Gasteiger partial charge in [0, 0.05) is 6.20 Å². The zero-order chi connectivity index (χ0) is 29.0. The lowest BCUT2D eigenvalue weighted by Gasteiger charge is -2.28. The molecule has 212 valence electrons. The van der Waals surface area contributed by atoms with E-state index in [1.165, 1.54) is 26.1 Å². The van der Waals surface area contributed by atoms with Crippen molar-refractivity contribution < 1.29 is 33.0 Å². The van der Waals surface area contributed by atoms with Gasteiger partial charge >= 0.3 is 19.4 Å². The summed E-state index contributed by atoms with van der Waals surface area (Å²) in [6.07, 6.45) is -1.16. The summed E-state index contributed by atoms with van der Waals surface area (Å²) < 4.78 is 37.3. The fourth-order valence-corrected chi connectivity index (χ4v) is 5.19. The molecule has 0 amide bonds.